The van der Waals surface area contributed by atoms with Crippen LogP contribution < -0.4 is 15.6 Å². The van der Waals surface area contributed by atoms with Crippen LogP contribution in [0.15, 0.2) is 59.7 Å². The molecule has 1 fully saturated rings. The quantitative estimate of drug-likeness (QED) is 0.253. The van der Waals surface area contributed by atoms with Gasteiger partial charge in [0.2, 0.25) is 17.6 Å². The van der Waals surface area contributed by atoms with Crippen LogP contribution in [0.25, 0.3) is 17.2 Å². The highest BCUT2D eigenvalue weighted by atomic mass is 35.5. The van der Waals surface area contributed by atoms with Gasteiger partial charge in [-0.05, 0) is 56.2 Å². The second kappa shape index (κ2) is 12.6. The molecule has 2 amide bonds. The molecule has 1 spiro atoms. The van der Waals surface area contributed by atoms with Crippen LogP contribution in [-0.2, 0) is 27.9 Å². The first-order valence-corrected chi connectivity index (χ1v) is 16.0. The van der Waals surface area contributed by atoms with Gasteiger partial charge in [0.15, 0.2) is 11.5 Å². The first kappa shape index (κ1) is 33.9. The van der Waals surface area contributed by atoms with Gasteiger partial charge in [0, 0.05) is 37.1 Å². The first-order valence-electron chi connectivity index (χ1n) is 15.6. The van der Waals surface area contributed by atoms with E-state index in [0.29, 0.717) is 17.3 Å². The van der Waals surface area contributed by atoms with Crippen LogP contribution in [0.1, 0.15) is 53.2 Å². The number of likely N-dealkylation sites (tertiary alicyclic amines) is 1. The zero-order valence-electron chi connectivity index (χ0n) is 26.9. The minimum atomic E-state index is -4.63. The fraction of sp³-hybridized carbons (Fsp3) is 0.303. The van der Waals surface area contributed by atoms with E-state index in [1.165, 1.54) is 41.1 Å². The van der Waals surface area contributed by atoms with Crippen LogP contribution >= 0.6 is 11.6 Å². The van der Waals surface area contributed by atoms with E-state index in [1.807, 2.05) is 0 Å². The van der Waals surface area contributed by atoms with Crippen LogP contribution in [-0.4, -0.2) is 71.2 Å². The Bertz CT molecular complexity index is 2270. The summed E-state index contributed by atoms with van der Waals surface area (Å²) in [5.74, 6) is -0.997. The molecule has 264 valence electrons. The Kier molecular flexibility index (Phi) is 8.41. The topological polar surface area (TPSA) is 166 Å². The van der Waals surface area contributed by atoms with E-state index in [2.05, 4.69) is 25.4 Å². The molecule has 18 heteroatoms. The highest BCUT2D eigenvalue weighted by Gasteiger charge is 2.50. The van der Waals surface area contributed by atoms with E-state index in [9.17, 15) is 32.7 Å². The fourth-order valence-corrected chi connectivity index (χ4v) is 6.82. The molecule has 51 heavy (non-hydrogen) atoms. The number of anilines is 1. The average molecular weight is 725 g/mol. The largest absolute Gasteiger partial charge is 0.505 e. The van der Waals surface area contributed by atoms with Crippen molar-refractivity contribution in [1.82, 2.24) is 34.0 Å². The molecule has 0 unspecified atom stereocenters. The Labute approximate surface area is 291 Å². The lowest BCUT2D eigenvalue weighted by atomic mass is 9.85. The number of amides is 2. The Balaban J connectivity index is 1.29. The summed E-state index contributed by atoms with van der Waals surface area (Å²) in [7, 11) is 1.44. The third-order valence-corrected chi connectivity index (χ3v) is 9.26. The van der Waals surface area contributed by atoms with Gasteiger partial charge < -0.3 is 29.4 Å². The SMILES string of the molecule is COc1cc(-c2nc3n(CC(=O)Nc4ccc(C(F)(F)F)cc4Cl)c4c(c(=O)n3n2)C2(CCN(C(=O)c3ncccc3O)CC2)O[C@@H]4C)ccn1. The van der Waals surface area contributed by atoms with E-state index < -0.39 is 47.4 Å². The molecule has 2 N–H and O–H groups in total. The molecule has 7 rings (SSSR count). The van der Waals surface area contributed by atoms with Crippen molar-refractivity contribution in [1.29, 1.82) is 0 Å². The maximum atomic E-state index is 14.4. The number of nitrogens with zero attached hydrogens (tertiary/aromatic N) is 7. The molecule has 2 aliphatic heterocycles. The Morgan fingerprint density at radius 1 is 1.14 bits per heavy atom. The van der Waals surface area contributed by atoms with Gasteiger partial charge in [-0.2, -0.15) is 22.7 Å². The molecule has 0 radical (unpaired) electrons. The number of hydrogen-bond donors (Lipinski definition) is 2. The third kappa shape index (κ3) is 6.01. The number of rotatable bonds is 6. The van der Waals surface area contributed by atoms with Gasteiger partial charge in [-0.3, -0.25) is 14.4 Å². The highest BCUT2D eigenvalue weighted by Crippen LogP contribution is 2.48. The maximum absolute atomic E-state index is 14.4. The van der Waals surface area contributed by atoms with Crippen molar-refractivity contribution < 1.29 is 37.3 Å². The number of alkyl halides is 3. The lowest BCUT2D eigenvalue weighted by Gasteiger charge is -2.39. The zero-order chi connectivity index (χ0) is 36.2. The number of aromatic nitrogens is 6. The standard InChI is InChI=1S/C33H28ClF3N8O6/c1-17-27-25(32(51-17)8-12-43(13-9-32)30(49)26-22(46)4-3-10-39-26)29(48)45-31(41-28(42-45)18-7-11-38-24(14-18)50-2)44(27)16-23(47)40-21-6-5-19(15-20(21)34)33(35,36)37/h3-7,10-11,14-15,17,46H,8-9,12-13,16H2,1-2H3,(H,40,47)/t17-/m1/s1. The summed E-state index contributed by atoms with van der Waals surface area (Å²) in [6.07, 6.45) is -2.09. The van der Waals surface area contributed by atoms with E-state index >= 15 is 0 Å². The molecule has 0 aliphatic carbocycles. The number of aromatic hydroxyl groups is 1. The number of nitrogens with one attached hydrogen (secondary N) is 1. The van der Waals surface area contributed by atoms with E-state index in [-0.39, 0.29) is 71.1 Å². The van der Waals surface area contributed by atoms with Gasteiger partial charge in [0.25, 0.3) is 11.5 Å². The van der Waals surface area contributed by atoms with Crippen LogP contribution in [0, 0.1) is 0 Å². The molecule has 0 saturated carbocycles. The number of halogens is 4. The summed E-state index contributed by atoms with van der Waals surface area (Å²) in [6, 6.07) is 8.65. The Morgan fingerprint density at radius 2 is 1.90 bits per heavy atom. The number of piperidine rings is 1. The van der Waals surface area contributed by atoms with E-state index in [0.717, 1.165) is 16.6 Å². The van der Waals surface area contributed by atoms with Gasteiger partial charge in [-0.15, -0.1) is 5.10 Å². The van der Waals surface area contributed by atoms with Crippen molar-refractivity contribution in [2.75, 3.05) is 25.5 Å². The maximum Gasteiger partial charge on any atom is 0.416 e. The molecular weight excluding hydrogens is 697 g/mol. The van der Waals surface area contributed by atoms with Crippen LogP contribution in [0.5, 0.6) is 11.6 Å². The Morgan fingerprint density at radius 3 is 2.59 bits per heavy atom. The molecule has 6 heterocycles. The van der Waals surface area contributed by atoms with E-state index in [4.69, 9.17) is 21.1 Å². The average Bonchev–Trinajstić information content (AvgIpc) is 3.67. The van der Waals surface area contributed by atoms with Crippen molar-refractivity contribution >= 4 is 34.9 Å². The zero-order valence-corrected chi connectivity index (χ0v) is 27.7. The van der Waals surface area contributed by atoms with Crippen molar-refractivity contribution in [2.45, 2.75) is 44.2 Å². The van der Waals surface area contributed by atoms with Gasteiger partial charge >= 0.3 is 6.18 Å². The third-order valence-electron chi connectivity index (χ3n) is 8.95. The van der Waals surface area contributed by atoms with Crippen molar-refractivity contribution in [3.63, 3.8) is 0 Å². The summed E-state index contributed by atoms with van der Waals surface area (Å²) in [4.78, 5) is 55.4. The number of carbonyl (C=O) groups is 2. The molecule has 4 aromatic heterocycles. The summed E-state index contributed by atoms with van der Waals surface area (Å²) < 4.78 is 54.0. The number of pyridine rings is 2. The second-order valence-corrected chi connectivity index (χ2v) is 12.5. The van der Waals surface area contributed by atoms with Crippen molar-refractivity contribution in [3.05, 3.63) is 92.7 Å². The monoisotopic (exact) mass is 724 g/mol. The minimum absolute atomic E-state index is 0.00364. The van der Waals surface area contributed by atoms with E-state index in [1.54, 1.807) is 19.1 Å². The number of carbonyl (C=O) groups excluding carboxylic acids is 2. The summed E-state index contributed by atoms with van der Waals surface area (Å²) in [6.45, 7) is 1.59. The number of methoxy groups -OCH3 is 1. The molecule has 1 saturated heterocycles. The molecule has 2 aliphatic rings. The number of hydrogen-bond acceptors (Lipinski definition) is 10. The summed E-state index contributed by atoms with van der Waals surface area (Å²) in [5.41, 5.74) is -1.77. The molecule has 0 bridgehead atoms. The molecular formula is C33H28ClF3N8O6. The normalized spacial score (nSPS) is 16.7. The number of ether oxygens (including phenoxy) is 2. The van der Waals surface area contributed by atoms with Gasteiger partial charge in [0.1, 0.15) is 17.9 Å². The summed E-state index contributed by atoms with van der Waals surface area (Å²) in [5, 5.41) is 16.9. The number of fused-ring (bicyclic) bond motifs is 3. The summed E-state index contributed by atoms with van der Waals surface area (Å²) >= 11 is 6.12. The van der Waals surface area contributed by atoms with Crippen molar-refractivity contribution in [2.24, 2.45) is 0 Å². The van der Waals surface area contributed by atoms with Crippen LogP contribution in [0.4, 0.5) is 18.9 Å². The van der Waals surface area contributed by atoms with Crippen LogP contribution in [0.3, 0.4) is 0 Å². The minimum Gasteiger partial charge on any atom is -0.505 e. The van der Waals surface area contributed by atoms with Gasteiger partial charge in [-0.1, -0.05) is 11.6 Å². The van der Waals surface area contributed by atoms with Crippen molar-refractivity contribution in [3.8, 4) is 23.0 Å². The molecule has 1 aromatic carbocycles. The molecule has 5 aromatic rings. The smallest absolute Gasteiger partial charge is 0.416 e. The lowest BCUT2D eigenvalue weighted by molar-refractivity contribution is -0.137. The number of benzene rings is 1. The first-order chi connectivity index (χ1) is 24.3. The van der Waals surface area contributed by atoms with Gasteiger partial charge in [-0.25, -0.2) is 9.97 Å². The predicted octanol–water partition coefficient (Wildman–Crippen LogP) is 4.60. The molecule has 1 atom stereocenters. The fourth-order valence-electron chi connectivity index (χ4n) is 6.59. The second-order valence-electron chi connectivity index (χ2n) is 12.0. The predicted molar refractivity (Wildman–Crippen MR) is 174 cm³/mol. The lowest BCUT2D eigenvalue weighted by Crippen LogP contribution is -2.47. The molecule has 14 nitrogen and oxygen atoms in total. The van der Waals surface area contributed by atoms with Crippen LogP contribution in [0.2, 0.25) is 5.02 Å². The Hall–Kier alpha value is -5.55. The highest BCUT2D eigenvalue weighted by molar-refractivity contribution is 6.33. The van der Waals surface area contributed by atoms with Gasteiger partial charge in [0.05, 0.1) is 40.7 Å².